The number of rotatable bonds is 3. The summed E-state index contributed by atoms with van der Waals surface area (Å²) >= 11 is 0. The van der Waals surface area contributed by atoms with E-state index in [4.69, 9.17) is 4.42 Å². The molecule has 1 atom stereocenters. The Balaban J connectivity index is 2.03. The number of pyridine rings is 1. The van der Waals surface area contributed by atoms with Crippen molar-refractivity contribution in [3.63, 3.8) is 0 Å². The van der Waals surface area contributed by atoms with Gasteiger partial charge in [0, 0.05) is 12.4 Å². The average molecular weight is 216 g/mol. The van der Waals surface area contributed by atoms with E-state index in [1.165, 1.54) is 6.26 Å². The van der Waals surface area contributed by atoms with Crippen LogP contribution in [-0.4, -0.2) is 10.9 Å². The summed E-state index contributed by atoms with van der Waals surface area (Å²) in [7, 11) is 0. The van der Waals surface area contributed by atoms with Crippen LogP contribution in [0.5, 0.6) is 0 Å². The molecule has 0 saturated heterocycles. The predicted molar refractivity (Wildman–Crippen MR) is 58.8 cm³/mol. The summed E-state index contributed by atoms with van der Waals surface area (Å²) in [4.78, 5) is 15.6. The minimum absolute atomic E-state index is 0.0689. The number of aromatic nitrogens is 1. The monoisotopic (exact) mass is 216 g/mol. The Morgan fingerprint density at radius 3 is 2.75 bits per heavy atom. The Morgan fingerprint density at radius 2 is 2.12 bits per heavy atom. The molecule has 0 fully saturated rings. The van der Waals surface area contributed by atoms with Gasteiger partial charge in [-0.1, -0.05) is 0 Å². The van der Waals surface area contributed by atoms with Gasteiger partial charge in [0.25, 0.3) is 5.91 Å². The maximum Gasteiger partial charge on any atom is 0.287 e. The number of nitrogens with zero attached hydrogens (tertiary/aromatic N) is 1. The zero-order valence-electron chi connectivity index (χ0n) is 8.88. The average Bonchev–Trinajstić information content (AvgIpc) is 2.83. The normalized spacial score (nSPS) is 12.1. The first-order valence-corrected chi connectivity index (χ1v) is 5.01. The Bertz CT molecular complexity index is 451. The Labute approximate surface area is 93.3 Å². The van der Waals surface area contributed by atoms with Crippen LogP contribution in [0.3, 0.4) is 0 Å². The van der Waals surface area contributed by atoms with Crippen molar-refractivity contribution in [1.29, 1.82) is 0 Å². The third-order valence-electron chi connectivity index (χ3n) is 2.30. The van der Waals surface area contributed by atoms with E-state index in [2.05, 4.69) is 10.3 Å². The third kappa shape index (κ3) is 2.28. The van der Waals surface area contributed by atoms with E-state index in [1.54, 1.807) is 24.5 Å². The molecule has 0 bridgehead atoms. The standard InChI is InChI=1S/C12H12N2O2/c1-9(10-4-6-13-7-5-10)14-12(15)11-3-2-8-16-11/h2-9H,1H3,(H,14,15)/t9-/m0/s1. The van der Waals surface area contributed by atoms with E-state index in [-0.39, 0.29) is 11.9 Å². The van der Waals surface area contributed by atoms with Gasteiger partial charge in [-0.2, -0.15) is 0 Å². The lowest BCUT2D eigenvalue weighted by Crippen LogP contribution is -2.26. The van der Waals surface area contributed by atoms with Crippen molar-refractivity contribution < 1.29 is 9.21 Å². The largest absolute Gasteiger partial charge is 0.459 e. The predicted octanol–water partition coefficient (Wildman–Crippen LogP) is 2.17. The van der Waals surface area contributed by atoms with Crippen molar-refractivity contribution in [3.05, 3.63) is 54.2 Å². The molecule has 1 N–H and O–H groups in total. The lowest BCUT2D eigenvalue weighted by atomic mass is 10.1. The van der Waals surface area contributed by atoms with Crippen LogP contribution in [0.2, 0.25) is 0 Å². The van der Waals surface area contributed by atoms with Crippen LogP contribution in [-0.2, 0) is 0 Å². The van der Waals surface area contributed by atoms with E-state index in [0.717, 1.165) is 5.56 Å². The van der Waals surface area contributed by atoms with Crippen molar-refractivity contribution in [3.8, 4) is 0 Å². The summed E-state index contributed by atoms with van der Waals surface area (Å²) in [6.45, 7) is 1.91. The molecule has 16 heavy (non-hydrogen) atoms. The van der Waals surface area contributed by atoms with E-state index < -0.39 is 0 Å². The molecule has 2 aromatic heterocycles. The van der Waals surface area contributed by atoms with E-state index in [1.807, 2.05) is 19.1 Å². The van der Waals surface area contributed by atoms with Gasteiger partial charge < -0.3 is 9.73 Å². The fraction of sp³-hybridized carbons (Fsp3) is 0.167. The van der Waals surface area contributed by atoms with E-state index in [0.29, 0.717) is 5.76 Å². The minimum atomic E-state index is -0.214. The molecule has 2 heterocycles. The Hall–Kier alpha value is -2.10. The molecule has 4 nitrogen and oxygen atoms in total. The molecule has 4 heteroatoms. The highest BCUT2D eigenvalue weighted by atomic mass is 16.3. The molecule has 0 aliphatic rings. The molecule has 0 radical (unpaired) electrons. The van der Waals surface area contributed by atoms with Crippen LogP contribution in [0.1, 0.15) is 29.1 Å². The second-order valence-electron chi connectivity index (χ2n) is 3.45. The zero-order valence-corrected chi connectivity index (χ0v) is 8.88. The van der Waals surface area contributed by atoms with Crippen LogP contribution in [0.25, 0.3) is 0 Å². The maximum absolute atomic E-state index is 11.7. The van der Waals surface area contributed by atoms with Crippen LogP contribution in [0, 0.1) is 0 Å². The first-order valence-electron chi connectivity index (χ1n) is 5.01. The summed E-state index contributed by atoms with van der Waals surface area (Å²) in [5.41, 5.74) is 1.01. The summed E-state index contributed by atoms with van der Waals surface area (Å²) in [5.74, 6) is 0.107. The second-order valence-corrected chi connectivity index (χ2v) is 3.45. The van der Waals surface area contributed by atoms with Crippen molar-refractivity contribution >= 4 is 5.91 Å². The topological polar surface area (TPSA) is 55.1 Å². The quantitative estimate of drug-likeness (QED) is 0.855. The van der Waals surface area contributed by atoms with Crippen LogP contribution in [0.4, 0.5) is 0 Å². The molecule has 0 aromatic carbocycles. The first kappa shape index (κ1) is 10.4. The van der Waals surface area contributed by atoms with Gasteiger partial charge in [0.15, 0.2) is 5.76 Å². The van der Waals surface area contributed by atoms with Crippen molar-refractivity contribution in [2.24, 2.45) is 0 Å². The van der Waals surface area contributed by atoms with Gasteiger partial charge in [-0.25, -0.2) is 0 Å². The number of carbonyl (C=O) groups excluding carboxylic acids is 1. The third-order valence-corrected chi connectivity index (χ3v) is 2.30. The van der Waals surface area contributed by atoms with Gasteiger partial charge >= 0.3 is 0 Å². The highest BCUT2D eigenvalue weighted by Crippen LogP contribution is 2.11. The Kier molecular flexibility index (Phi) is 3.00. The summed E-state index contributed by atoms with van der Waals surface area (Å²) < 4.78 is 5.01. The smallest absolute Gasteiger partial charge is 0.287 e. The first-order chi connectivity index (χ1) is 7.77. The zero-order chi connectivity index (χ0) is 11.4. The number of amides is 1. The lowest BCUT2D eigenvalue weighted by molar-refractivity contribution is 0.0912. The molecule has 1 amide bonds. The summed E-state index contributed by atoms with van der Waals surface area (Å²) in [6, 6.07) is 6.99. The molecule has 0 spiro atoms. The van der Waals surface area contributed by atoms with Gasteiger partial charge in [0.05, 0.1) is 12.3 Å². The maximum atomic E-state index is 11.7. The number of hydrogen-bond donors (Lipinski definition) is 1. The molecule has 82 valence electrons. The SMILES string of the molecule is C[C@H](NC(=O)c1ccco1)c1ccncc1. The number of carbonyl (C=O) groups is 1. The second kappa shape index (κ2) is 4.61. The van der Waals surface area contributed by atoms with Gasteiger partial charge in [-0.3, -0.25) is 9.78 Å². The molecule has 0 saturated carbocycles. The van der Waals surface area contributed by atoms with E-state index in [9.17, 15) is 4.79 Å². The van der Waals surface area contributed by atoms with Gasteiger partial charge in [-0.15, -0.1) is 0 Å². The van der Waals surface area contributed by atoms with Crippen molar-refractivity contribution in [2.45, 2.75) is 13.0 Å². The van der Waals surface area contributed by atoms with Gasteiger partial charge in [0.2, 0.25) is 0 Å². The number of hydrogen-bond acceptors (Lipinski definition) is 3. The van der Waals surface area contributed by atoms with Crippen LogP contribution >= 0.6 is 0 Å². The number of nitrogens with one attached hydrogen (secondary N) is 1. The highest BCUT2D eigenvalue weighted by molar-refractivity contribution is 5.91. The van der Waals surface area contributed by atoms with Crippen molar-refractivity contribution in [2.75, 3.05) is 0 Å². The minimum Gasteiger partial charge on any atom is -0.459 e. The molecule has 0 aliphatic heterocycles. The summed E-state index contributed by atoms with van der Waals surface area (Å²) in [5, 5.41) is 2.84. The molecular weight excluding hydrogens is 204 g/mol. The fourth-order valence-corrected chi connectivity index (χ4v) is 1.41. The number of furan rings is 1. The van der Waals surface area contributed by atoms with Gasteiger partial charge in [-0.05, 0) is 36.8 Å². The van der Waals surface area contributed by atoms with Gasteiger partial charge in [0.1, 0.15) is 0 Å². The molecular formula is C12H12N2O2. The van der Waals surface area contributed by atoms with Crippen molar-refractivity contribution in [1.82, 2.24) is 10.3 Å². The highest BCUT2D eigenvalue weighted by Gasteiger charge is 2.12. The summed E-state index contributed by atoms with van der Waals surface area (Å²) in [6.07, 6.45) is 4.88. The van der Waals surface area contributed by atoms with E-state index >= 15 is 0 Å². The fourth-order valence-electron chi connectivity index (χ4n) is 1.41. The van der Waals surface area contributed by atoms with Crippen LogP contribution < -0.4 is 5.32 Å². The molecule has 2 rings (SSSR count). The molecule has 0 aliphatic carbocycles. The van der Waals surface area contributed by atoms with Crippen LogP contribution in [0.15, 0.2) is 47.3 Å². The lowest BCUT2D eigenvalue weighted by Gasteiger charge is -2.12. The molecule has 0 unspecified atom stereocenters. The Morgan fingerprint density at radius 1 is 1.38 bits per heavy atom. The molecule has 2 aromatic rings.